The van der Waals surface area contributed by atoms with Gasteiger partial charge >= 0.3 is 0 Å². The Labute approximate surface area is 139 Å². The fourth-order valence-corrected chi connectivity index (χ4v) is 3.85. The maximum atomic E-state index is 4.93. The van der Waals surface area contributed by atoms with Crippen molar-refractivity contribution in [3.63, 3.8) is 0 Å². The minimum absolute atomic E-state index is 0.423. The summed E-state index contributed by atoms with van der Waals surface area (Å²) in [6, 6.07) is 0.423. The Morgan fingerprint density at radius 1 is 1.27 bits per heavy atom. The number of aromatic nitrogens is 2. The predicted octanol–water partition coefficient (Wildman–Crippen LogP) is 4.20. The van der Waals surface area contributed by atoms with Gasteiger partial charge in [0.25, 0.3) is 0 Å². The Hall–Kier alpha value is -0.970. The first-order valence-electron chi connectivity index (χ1n) is 8.66. The third-order valence-corrected chi connectivity index (χ3v) is 5.14. The van der Waals surface area contributed by atoms with Crippen LogP contribution in [0.5, 0.6) is 0 Å². The highest BCUT2D eigenvalue weighted by molar-refractivity contribution is 7.08. The second-order valence-electron chi connectivity index (χ2n) is 7.06. The number of amidine groups is 1. The first-order valence-corrected chi connectivity index (χ1v) is 9.44. The lowest BCUT2D eigenvalue weighted by atomic mass is 9.89. The molecule has 5 heteroatoms. The third kappa shape index (κ3) is 5.34. The van der Waals surface area contributed by atoms with Gasteiger partial charge in [-0.2, -0.15) is 0 Å². The van der Waals surface area contributed by atoms with Crippen molar-refractivity contribution in [1.29, 1.82) is 0 Å². The number of nitrogens with one attached hydrogen (secondary N) is 1. The van der Waals surface area contributed by atoms with Crippen LogP contribution in [0.15, 0.2) is 4.99 Å². The zero-order valence-electron chi connectivity index (χ0n) is 14.4. The fraction of sp³-hybridized carbons (Fsp3) is 0.824. The molecule has 1 heterocycles. The summed E-state index contributed by atoms with van der Waals surface area (Å²) in [5, 5.41) is 7.76. The van der Waals surface area contributed by atoms with Gasteiger partial charge in [-0.25, -0.2) is 0 Å². The van der Waals surface area contributed by atoms with Crippen LogP contribution >= 0.6 is 11.5 Å². The van der Waals surface area contributed by atoms with Crippen LogP contribution < -0.4 is 5.32 Å². The average molecular weight is 323 g/mol. The molecule has 0 aromatic carbocycles. The van der Waals surface area contributed by atoms with Gasteiger partial charge in [0.15, 0.2) is 0 Å². The van der Waals surface area contributed by atoms with Crippen LogP contribution in [0.3, 0.4) is 0 Å². The van der Waals surface area contributed by atoms with Crippen LogP contribution in [-0.4, -0.2) is 28.0 Å². The molecule has 1 aliphatic rings. The quantitative estimate of drug-likeness (QED) is 0.631. The summed E-state index contributed by atoms with van der Waals surface area (Å²) in [5.41, 5.74) is 0.983. The Balaban J connectivity index is 2.05. The van der Waals surface area contributed by atoms with Crippen molar-refractivity contribution in [3.05, 3.63) is 10.6 Å². The number of hydrogen-bond acceptors (Lipinski definition) is 4. The molecule has 4 nitrogen and oxygen atoms in total. The summed E-state index contributed by atoms with van der Waals surface area (Å²) in [7, 11) is 0. The molecule has 22 heavy (non-hydrogen) atoms. The first kappa shape index (κ1) is 17.4. The van der Waals surface area contributed by atoms with Crippen LogP contribution in [0.1, 0.15) is 69.9 Å². The molecule has 0 bridgehead atoms. The predicted molar refractivity (Wildman–Crippen MR) is 94.7 cm³/mol. The smallest absolute Gasteiger partial charge is 0.142 e. The van der Waals surface area contributed by atoms with Crippen molar-refractivity contribution in [3.8, 4) is 0 Å². The Kier molecular flexibility index (Phi) is 6.80. The van der Waals surface area contributed by atoms with Gasteiger partial charge in [-0.1, -0.05) is 37.6 Å². The van der Waals surface area contributed by atoms with E-state index < -0.39 is 0 Å². The van der Waals surface area contributed by atoms with Gasteiger partial charge in [-0.3, -0.25) is 4.99 Å². The largest absolute Gasteiger partial charge is 0.367 e. The van der Waals surface area contributed by atoms with Crippen LogP contribution in [0.2, 0.25) is 0 Å². The van der Waals surface area contributed by atoms with E-state index in [4.69, 9.17) is 4.99 Å². The third-order valence-electron chi connectivity index (χ3n) is 4.31. The lowest BCUT2D eigenvalue weighted by molar-refractivity contribution is 0.366. The summed E-state index contributed by atoms with van der Waals surface area (Å²) in [6.07, 6.45) is 7.94. The van der Waals surface area contributed by atoms with E-state index in [1.54, 1.807) is 0 Å². The molecule has 1 atom stereocenters. The molecule has 0 spiro atoms. The number of aryl methyl sites for hydroxylation is 1. The van der Waals surface area contributed by atoms with Crippen molar-refractivity contribution < 1.29 is 0 Å². The minimum Gasteiger partial charge on any atom is -0.367 e. The zero-order valence-corrected chi connectivity index (χ0v) is 15.2. The molecule has 1 aliphatic carbocycles. The Morgan fingerprint density at radius 2 is 2.00 bits per heavy atom. The topological polar surface area (TPSA) is 50.2 Å². The van der Waals surface area contributed by atoms with Crippen LogP contribution in [-0.2, 0) is 0 Å². The highest BCUT2D eigenvalue weighted by atomic mass is 32.1. The highest BCUT2D eigenvalue weighted by Gasteiger charge is 2.17. The molecule has 1 N–H and O–H groups in total. The van der Waals surface area contributed by atoms with E-state index >= 15 is 0 Å². The second-order valence-corrected chi connectivity index (χ2v) is 7.81. The van der Waals surface area contributed by atoms with E-state index in [1.807, 2.05) is 6.92 Å². The molecule has 0 amide bonds. The van der Waals surface area contributed by atoms with Gasteiger partial charge in [0.1, 0.15) is 10.7 Å². The Morgan fingerprint density at radius 3 is 2.59 bits per heavy atom. The maximum Gasteiger partial charge on any atom is 0.142 e. The standard InChI is InChI=1S/C17H30N4S/c1-12(2)10-13(3)19-17(16-14(4)20-21-22-16)18-11-15-8-6-5-7-9-15/h12-13,15H,5-11H2,1-4H3,(H,18,19). The van der Waals surface area contributed by atoms with Gasteiger partial charge in [0, 0.05) is 12.6 Å². The molecule has 124 valence electrons. The fourth-order valence-electron chi connectivity index (χ4n) is 3.22. The SMILES string of the molecule is Cc1nnsc1C(=NCC1CCCCC1)NC(C)CC(C)C. The maximum absolute atomic E-state index is 4.93. The molecule has 0 saturated heterocycles. The summed E-state index contributed by atoms with van der Waals surface area (Å²) in [5.74, 6) is 2.45. The average Bonchev–Trinajstić information content (AvgIpc) is 2.90. The first-order chi connectivity index (χ1) is 10.6. The van der Waals surface area contributed by atoms with Crippen molar-refractivity contribution in [2.24, 2.45) is 16.8 Å². The second kappa shape index (κ2) is 8.61. The van der Waals surface area contributed by atoms with E-state index in [2.05, 4.69) is 35.7 Å². The Bertz CT molecular complexity index is 475. The summed E-state index contributed by atoms with van der Waals surface area (Å²) in [4.78, 5) is 6.04. The number of nitrogens with zero attached hydrogens (tertiary/aromatic N) is 3. The molecular weight excluding hydrogens is 292 g/mol. The van der Waals surface area contributed by atoms with Crippen LogP contribution in [0.25, 0.3) is 0 Å². The molecule has 1 aromatic heterocycles. The molecule has 1 aromatic rings. The number of aliphatic imine (C=N–C) groups is 1. The molecule has 2 rings (SSSR count). The molecule has 1 unspecified atom stereocenters. The van der Waals surface area contributed by atoms with Gasteiger partial charge in [-0.15, -0.1) is 5.10 Å². The molecule has 0 aliphatic heterocycles. The van der Waals surface area contributed by atoms with Crippen LogP contribution in [0, 0.1) is 18.8 Å². The van der Waals surface area contributed by atoms with Gasteiger partial charge < -0.3 is 5.32 Å². The van der Waals surface area contributed by atoms with E-state index in [9.17, 15) is 0 Å². The van der Waals surface area contributed by atoms with Gasteiger partial charge in [-0.05, 0) is 56.5 Å². The summed E-state index contributed by atoms with van der Waals surface area (Å²) in [6.45, 7) is 9.71. The minimum atomic E-state index is 0.423. The molecule has 0 radical (unpaired) electrons. The van der Waals surface area contributed by atoms with Gasteiger partial charge in [0.05, 0.1) is 5.69 Å². The lowest BCUT2D eigenvalue weighted by Crippen LogP contribution is -2.34. The summed E-state index contributed by atoms with van der Waals surface area (Å²) < 4.78 is 4.08. The zero-order chi connectivity index (χ0) is 15.9. The van der Waals surface area contributed by atoms with E-state index in [1.165, 1.54) is 43.6 Å². The summed E-state index contributed by atoms with van der Waals surface area (Å²) >= 11 is 1.45. The van der Waals surface area contributed by atoms with Crippen molar-refractivity contribution in [2.45, 2.75) is 72.3 Å². The normalized spacial score (nSPS) is 18.7. The lowest BCUT2D eigenvalue weighted by Gasteiger charge is -2.21. The van der Waals surface area contributed by atoms with Crippen molar-refractivity contribution >= 4 is 17.4 Å². The highest BCUT2D eigenvalue weighted by Crippen LogP contribution is 2.24. The van der Waals surface area contributed by atoms with Crippen LogP contribution in [0.4, 0.5) is 0 Å². The van der Waals surface area contributed by atoms with E-state index in [0.29, 0.717) is 12.0 Å². The number of hydrogen-bond donors (Lipinski definition) is 1. The van der Waals surface area contributed by atoms with E-state index in [0.717, 1.165) is 35.3 Å². The molecule has 1 fully saturated rings. The van der Waals surface area contributed by atoms with E-state index in [-0.39, 0.29) is 0 Å². The van der Waals surface area contributed by atoms with Gasteiger partial charge in [0.2, 0.25) is 0 Å². The molecular formula is C17H30N4S. The van der Waals surface area contributed by atoms with Crippen molar-refractivity contribution in [2.75, 3.05) is 6.54 Å². The number of rotatable bonds is 6. The molecule has 1 saturated carbocycles. The monoisotopic (exact) mass is 322 g/mol. The van der Waals surface area contributed by atoms with Crippen molar-refractivity contribution in [1.82, 2.24) is 14.9 Å².